The molecule has 0 bridgehead atoms. The van der Waals surface area contributed by atoms with Crippen LogP contribution in [0, 0.1) is 13.8 Å². The van der Waals surface area contributed by atoms with Gasteiger partial charge in [0.1, 0.15) is 5.82 Å². The summed E-state index contributed by atoms with van der Waals surface area (Å²) in [6.45, 7) is 8.01. The van der Waals surface area contributed by atoms with Gasteiger partial charge in [0.05, 0.1) is 6.54 Å². The largest absolute Gasteiger partial charge is 0.338 e. The molecular formula is C17H24N4O. The lowest BCUT2D eigenvalue weighted by molar-refractivity contribution is 0.206. The average molecular weight is 300 g/mol. The van der Waals surface area contributed by atoms with Crippen molar-refractivity contribution in [2.45, 2.75) is 33.9 Å². The average Bonchev–Trinajstić information content (AvgIpc) is 2.90. The third kappa shape index (κ3) is 3.87. The Hall–Kier alpha value is -2.30. The van der Waals surface area contributed by atoms with Gasteiger partial charge in [-0.3, -0.25) is 0 Å². The second-order valence-electron chi connectivity index (χ2n) is 5.59. The standard InChI is InChI=1S/C17H24N4O/c1-5-18-17(22)20(4)12-16-19-8-9-21(16)11-15-10-13(2)6-7-14(15)3/h6-10H,5,11-12H2,1-4H3,(H,18,22). The van der Waals surface area contributed by atoms with E-state index >= 15 is 0 Å². The monoisotopic (exact) mass is 300 g/mol. The molecule has 1 heterocycles. The molecule has 5 heteroatoms. The molecule has 1 aromatic heterocycles. The van der Waals surface area contributed by atoms with Crippen LogP contribution in [-0.4, -0.2) is 34.1 Å². The molecule has 0 saturated heterocycles. The predicted molar refractivity (Wildman–Crippen MR) is 87.8 cm³/mol. The van der Waals surface area contributed by atoms with Crippen LogP contribution in [0.1, 0.15) is 29.4 Å². The van der Waals surface area contributed by atoms with Gasteiger partial charge in [0, 0.05) is 32.5 Å². The lowest BCUT2D eigenvalue weighted by Crippen LogP contribution is -2.37. The molecule has 0 spiro atoms. The molecule has 2 rings (SSSR count). The summed E-state index contributed by atoms with van der Waals surface area (Å²) >= 11 is 0. The van der Waals surface area contributed by atoms with Gasteiger partial charge < -0.3 is 14.8 Å². The zero-order chi connectivity index (χ0) is 16.1. The van der Waals surface area contributed by atoms with Gasteiger partial charge in [-0.05, 0) is 31.9 Å². The highest BCUT2D eigenvalue weighted by Crippen LogP contribution is 2.14. The number of carbonyl (C=O) groups excluding carboxylic acids is 1. The van der Waals surface area contributed by atoms with Crippen LogP contribution in [0.25, 0.3) is 0 Å². The molecule has 0 unspecified atom stereocenters. The van der Waals surface area contributed by atoms with Crippen molar-refractivity contribution < 1.29 is 4.79 Å². The second-order valence-corrected chi connectivity index (χ2v) is 5.59. The minimum Gasteiger partial charge on any atom is -0.338 e. The number of hydrogen-bond acceptors (Lipinski definition) is 2. The molecule has 0 saturated carbocycles. The predicted octanol–water partition coefficient (Wildman–Crippen LogP) is 2.71. The van der Waals surface area contributed by atoms with Crippen LogP contribution in [0.5, 0.6) is 0 Å². The Morgan fingerprint density at radius 3 is 2.86 bits per heavy atom. The van der Waals surface area contributed by atoms with Crippen LogP contribution < -0.4 is 5.32 Å². The highest BCUT2D eigenvalue weighted by Gasteiger charge is 2.12. The van der Waals surface area contributed by atoms with Crippen LogP contribution in [0.15, 0.2) is 30.6 Å². The third-order valence-electron chi connectivity index (χ3n) is 3.70. The number of imidazole rings is 1. The fourth-order valence-electron chi connectivity index (χ4n) is 2.36. The van der Waals surface area contributed by atoms with Gasteiger partial charge >= 0.3 is 6.03 Å². The number of rotatable bonds is 5. The van der Waals surface area contributed by atoms with Crippen molar-refractivity contribution in [2.75, 3.05) is 13.6 Å². The second kappa shape index (κ2) is 7.11. The van der Waals surface area contributed by atoms with Crippen molar-refractivity contribution in [1.82, 2.24) is 19.8 Å². The zero-order valence-corrected chi connectivity index (χ0v) is 13.8. The van der Waals surface area contributed by atoms with E-state index in [-0.39, 0.29) is 6.03 Å². The molecule has 2 aromatic rings. The number of carbonyl (C=O) groups is 1. The van der Waals surface area contributed by atoms with Crippen molar-refractivity contribution in [3.05, 3.63) is 53.1 Å². The fraction of sp³-hybridized carbons (Fsp3) is 0.412. The van der Waals surface area contributed by atoms with E-state index in [0.29, 0.717) is 13.1 Å². The Labute approximate surface area is 132 Å². The Balaban J connectivity index is 2.12. The topological polar surface area (TPSA) is 50.2 Å². The molecule has 0 fully saturated rings. The molecule has 0 aliphatic carbocycles. The number of aromatic nitrogens is 2. The van der Waals surface area contributed by atoms with Crippen LogP contribution in [0.2, 0.25) is 0 Å². The molecule has 22 heavy (non-hydrogen) atoms. The summed E-state index contributed by atoms with van der Waals surface area (Å²) in [6.07, 6.45) is 3.74. The van der Waals surface area contributed by atoms with Crippen LogP contribution >= 0.6 is 0 Å². The van der Waals surface area contributed by atoms with E-state index in [0.717, 1.165) is 12.4 Å². The highest BCUT2D eigenvalue weighted by atomic mass is 16.2. The van der Waals surface area contributed by atoms with Gasteiger partial charge in [-0.1, -0.05) is 23.8 Å². The van der Waals surface area contributed by atoms with Crippen molar-refractivity contribution in [3.8, 4) is 0 Å². The first-order chi connectivity index (χ1) is 10.5. The van der Waals surface area contributed by atoms with Crippen molar-refractivity contribution in [1.29, 1.82) is 0 Å². The summed E-state index contributed by atoms with van der Waals surface area (Å²) in [5.41, 5.74) is 3.80. The molecule has 1 N–H and O–H groups in total. The lowest BCUT2D eigenvalue weighted by Gasteiger charge is -2.18. The maximum atomic E-state index is 11.8. The van der Waals surface area contributed by atoms with Crippen molar-refractivity contribution in [2.24, 2.45) is 0 Å². The smallest absolute Gasteiger partial charge is 0.317 e. The maximum absolute atomic E-state index is 11.8. The van der Waals surface area contributed by atoms with Crippen LogP contribution in [-0.2, 0) is 13.1 Å². The summed E-state index contributed by atoms with van der Waals surface area (Å²) in [7, 11) is 1.78. The van der Waals surface area contributed by atoms with E-state index in [4.69, 9.17) is 0 Å². The minimum absolute atomic E-state index is 0.0798. The van der Waals surface area contributed by atoms with E-state index in [2.05, 4.69) is 46.9 Å². The summed E-state index contributed by atoms with van der Waals surface area (Å²) in [5.74, 6) is 0.884. The molecule has 1 aromatic carbocycles. The SMILES string of the molecule is CCNC(=O)N(C)Cc1nccn1Cc1cc(C)ccc1C. The number of urea groups is 1. The number of nitrogens with zero attached hydrogens (tertiary/aromatic N) is 3. The summed E-state index contributed by atoms with van der Waals surface area (Å²) in [4.78, 5) is 17.8. The fourth-order valence-corrected chi connectivity index (χ4v) is 2.36. The Bertz CT molecular complexity index is 648. The van der Waals surface area contributed by atoms with E-state index in [1.165, 1.54) is 16.7 Å². The number of nitrogens with one attached hydrogen (secondary N) is 1. The first kappa shape index (κ1) is 16.1. The third-order valence-corrected chi connectivity index (χ3v) is 3.70. The van der Waals surface area contributed by atoms with E-state index in [1.807, 2.05) is 13.1 Å². The lowest BCUT2D eigenvalue weighted by atomic mass is 10.1. The number of amides is 2. The molecule has 2 amide bonds. The van der Waals surface area contributed by atoms with Gasteiger partial charge in [-0.25, -0.2) is 9.78 Å². The molecule has 118 valence electrons. The van der Waals surface area contributed by atoms with Crippen molar-refractivity contribution in [3.63, 3.8) is 0 Å². The molecule has 0 atom stereocenters. The minimum atomic E-state index is -0.0798. The molecule has 5 nitrogen and oxygen atoms in total. The quantitative estimate of drug-likeness (QED) is 0.923. The van der Waals surface area contributed by atoms with E-state index < -0.39 is 0 Å². The molecule has 0 aliphatic heterocycles. The van der Waals surface area contributed by atoms with Crippen molar-refractivity contribution >= 4 is 6.03 Å². The van der Waals surface area contributed by atoms with E-state index in [9.17, 15) is 4.79 Å². The summed E-state index contributed by atoms with van der Waals surface area (Å²) in [5, 5.41) is 2.79. The number of aryl methyl sites for hydroxylation is 2. The summed E-state index contributed by atoms with van der Waals surface area (Å²) < 4.78 is 2.09. The normalized spacial score (nSPS) is 10.5. The first-order valence-electron chi connectivity index (χ1n) is 7.56. The van der Waals surface area contributed by atoms with E-state index in [1.54, 1.807) is 18.1 Å². The van der Waals surface area contributed by atoms with Gasteiger partial charge in [0.2, 0.25) is 0 Å². The summed E-state index contributed by atoms with van der Waals surface area (Å²) in [6, 6.07) is 6.38. The first-order valence-corrected chi connectivity index (χ1v) is 7.56. The van der Waals surface area contributed by atoms with Gasteiger partial charge in [0.15, 0.2) is 0 Å². The number of benzene rings is 1. The highest BCUT2D eigenvalue weighted by molar-refractivity contribution is 5.73. The van der Waals surface area contributed by atoms with Crippen LogP contribution in [0.3, 0.4) is 0 Å². The Morgan fingerprint density at radius 2 is 2.14 bits per heavy atom. The zero-order valence-electron chi connectivity index (χ0n) is 13.8. The molecule has 0 radical (unpaired) electrons. The maximum Gasteiger partial charge on any atom is 0.317 e. The van der Waals surface area contributed by atoms with Gasteiger partial charge in [0.25, 0.3) is 0 Å². The van der Waals surface area contributed by atoms with Crippen LogP contribution in [0.4, 0.5) is 4.79 Å². The molecule has 0 aliphatic rings. The van der Waals surface area contributed by atoms with Gasteiger partial charge in [-0.15, -0.1) is 0 Å². The molecular weight excluding hydrogens is 276 g/mol. The van der Waals surface area contributed by atoms with Gasteiger partial charge in [-0.2, -0.15) is 0 Å². The Morgan fingerprint density at radius 1 is 1.36 bits per heavy atom. The number of hydrogen-bond donors (Lipinski definition) is 1. The Kier molecular flexibility index (Phi) is 5.20.